The van der Waals surface area contributed by atoms with Gasteiger partial charge in [-0.15, -0.1) is 0 Å². The topological polar surface area (TPSA) is 29.5 Å². The van der Waals surface area contributed by atoms with Crippen molar-refractivity contribution in [1.29, 1.82) is 0 Å². The van der Waals surface area contributed by atoms with Gasteiger partial charge in [0.15, 0.2) is 15.2 Å². The lowest BCUT2D eigenvalue weighted by molar-refractivity contribution is 0.485. The minimum Gasteiger partial charge on any atom is -0.456 e. The van der Waals surface area contributed by atoms with Crippen LogP contribution in [0.4, 0.5) is 17.1 Å². The lowest BCUT2D eigenvalue weighted by Crippen LogP contribution is -2.77. The van der Waals surface area contributed by atoms with Crippen molar-refractivity contribution >= 4 is 68.9 Å². The smallest absolute Gasteiger partial charge is 0.184 e. The second-order valence-corrected chi connectivity index (χ2v) is 20.0. The maximum absolute atomic E-state index is 15.3. The van der Waals surface area contributed by atoms with Crippen LogP contribution in [-0.4, -0.2) is 8.07 Å². The Balaban J connectivity index is 1.19. The van der Waals surface area contributed by atoms with E-state index in [9.17, 15) is 0 Å². The summed E-state index contributed by atoms with van der Waals surface area (Å²) < 4.78 is 21.9. The van der Waals surface area contributed by atoms with Crippen LogP contribution in [0.2, 0.25) is 0 Å². The molecule has 0 N–H and O–H groups in total. The predicted octanol–water partition coefficient (Wildman–Crippen LogP) is 8.26. The molecule has 0 spiro atoms. The molecule has 252 valence electrons. The molecule has 2 heterocycles. The van der Waals surface area contributed by atoms with Crippen molar-refractivity contribution in [3.05, 3.63) is 206 Å². The molecule has 8 aromatic rings. The Morgan fingerprint density at radius 1 is 0.434 bits per heavy atom. The minimum absolute atomic E-state index is 0.627. The molecule has 1 unspecified atom stereocenters. The van der Waals surface area contributed by atoms with E-state index >= 15 is 4.57 Å². The highest BCUT2D eigenvalue weighted by Crippen LogP contribution is 2.52. The number of hydrogen-bond acceptors (Lipinski definition) is 3. The summed E-state index contributed by atoms with van der Waals surface area (Å²) in [5.41, 5.74) is 5.47. The van der Waals surface area contributed by atoms with Gasteiger partial charge in [-0.3, -0.25) is 0 Å². The minimum atomic E-state index is -3.19. The highest BCUT2D eigenvalue weighted by molar-refractivity contribution is 7.85. The summed E-state index contributed by atoms with van der Waals surface area (Å²) in [6.45, 7) is 0. The summed E-state index contributed by atoms with van der Waals surface area (Å²) in [6.07, 6.45) is 0. The van der Waals surface area contributed by atoms with Gasteiger partial charge in [-0.2, -0.15) is 0 Å². The fraction of sp³-hybridized carbons (Fsp3) is 0. The molecule has 5 heteroatoms. The van der Waals surface area contributed by atoms with Crippen molar-refractivity contribution in [1.82, 2.24) is 0 Å². The molecule has 0 aromatic heterocycles. The van der Waals surface area contributed by atoms with E-state index in [4.69, 9.17) is 4.74 Å². The Morgan fingerprint density at radius 2 is 0.925 bits per heavy atom. The SMILES string of the molecule is O=P1(c2ccccc2)c2ccccc2Oc2cc(-c3ccccc3N3c4ccccc4[Si](c4ccccc4)(c4ccccc4)c4ccccc43)ccc21. The Hall–Kier alpha value is -6.19. The zero-order valence-electron chi connectivity index (χ0n) is 28.8. The molecule has 0 saturated heterocycles. The lowest BCUT2D eigenvalue weighted by Gasteiger charge is -2.45. The number of ether oxygens (including phenoxy) is 1. The summed E-state index contributed by atoms with van der Waals surface area (Å²) in [7, 11) is -5.93. The summed E-state index contributed by atoms with van der Waals surface area (Å²) in [6, 6.07) is 72.5. The molecular weight excluding hydrogens is 682 g/mol. The highest BCUT2D eigenvalue weighted by atomic mass is 31.2. The van der Waals surface area contributed by atoms with E-state index in [0.29, 0.717) is 11.5 Å². The van der Waals surface area contributed by atoms with Crippen molar-refractivity contribution in [2.24, 2.45) is 0 Å². The first kappa shape index (κ1) is 31.5. The number of fused-ring (bicyclic) bond motifs is 4. The zero-order valence-corrected chi connectivity index (χ0v) is 30.7. The Bertz CT molecular complexity index is 2610. The van der Waals surface area contributed by atoms with E-state index in [1.165, 1.54) is 32.1 Å². The van der Waals surface area contributed by atoms with E-state index in [0.717, 1.165) is 32.7 Å². The third-order valence-electron chi connectivity index (χ3n) is 10.8. The molecule has 1 atom stereocenters. The van der Waals surface area contributed by atoms with Gasteiger partial charge < -0.3 is 14.2 Å². The van der Waals surface area contributed by atoms with Crippen LogP contribution >= 0.6 is 7.14 Å². The second kappa shape index (κ2) is 12.5. The van der Waals surface area contributed by atoms with Gasteiger partial charge in [-0.1, -0.05) is 164 Å². The molecule has 53 heavy (non-hydrogen) atoms. The van der Waals surface area contributed by atoms with Crippen LogP contribution in [0.5, 0.6) is 11.5 Å². The first-order chi connectivity index (χ1) is 26.2. The highest BCUT2D eigenvalue weighted by Gasteiger charge is 2.49. The van der Waals surface area contributed by atoms with Gasteiger partial charge in [0.1, 0.15) is 11.5 Å². The zero-order chi connectivity index (χ0) is 35.4. The fourth-order valence-corrected chi connectivity index (χ4v) is 16.5. The largest absolute Gasteiger partial charge is 0.456 e. The van der Waals surface area contributed by atoms with Crippen molar-refractivity contribution < 1.29 is 9.30 Å². The molecule has 0 bridgehead atoms. The molecule has 0 fully saturated rings. The van der Waals surface area contributed by atoms with Gasteiger partial charge in [-0.05, 0) is 68.8 Å². The summed E-state index contributed by atoms with van der Waals surface area (Å²) in [5, 5.41) is 7.66. The molecule has 0 saturated carbocycles. The average Bonchev–Trinajstić information content (AvgIpc) is 3.24. The van der Waals surface area contributed by atoms with Crippen LogP contribution in [0.3, 0.4) is 0 Å². The van der Waals surface area contributed by atoms with E-state index in [1.54, 1.807) is 0 Å². The predicted molar refractivity (Wildman–Crippen MR) is 223 cm³/mol. The number of benzene rings is 8. The van der Waals surface area contributed by atoms with E-state index < -0.39 is 15.2 Å². The average molecular weight is 716 g/mol. The van der Waals surface area contributed by atoms with E-state index in [1.807, 2.05) is 60.7 Å². The first-order valence-corrected chi connectivity index (χ1v) is 21.7. The van der Waals surface area contributed by atoms with Gasteiger partial charge >= 0.3 is 0 Å². The van der Waals surface area contributed by atoms with Crippen molar-refractivity contribution in [3.8, 4) is 22.6 Å². The molecule has 2 aliphatic heterocycles. The van der Waals surface area contributed by atoms with Gasteiger partial charge in [0.2, 0.25) is 0 Å². The van der Waals surface area contributed by atoms with Gasteiger partial charge in [-0.25, -0.2) is 0 Å². The monoisotopic (exact) mass is 715 g/mol. The third-order valence-corrected chi connectivity index (χ3v) is 18.8. The molecular formula is C48H34NO2PSi. The Kier molecular flexibility index (Phi) is 7.43. The maximum Gasteiger partial charge on any atom is 0.184 e. The third kappa shape index (κ3) is 4.70. The number of hydrogen-bond donors (Lipinski definition) is 0. The normalized spacial score (nSPS) is 16.3. The maximum atomic E-state index is 15.3. The van der Waals surface area contributed by atoms with Crippen LogP contribution in [0.15, 0.2) is 206 Å². The van der Waals surface area contributed by atoms with Crippen LogP contribution in [0.25, 0.3) is 11.1 Å². The number of rotatable bonds is 5. The van der Waals surface area contributed by atoms with Gasteiger partial charge in [0, 0.05) is 22.2 Å². The van der Waals surface area contributed by atoms with Gasteiger partial charge in [0.25, 0.3) is 0 Å². The van der Waals surface area contributed by atoms with E-state index in [2.05, 4.69) is 150 Å². The van der Waals surface area contributed by atoms with Crippen molar-refractivity contribution in [3.63, 3.8) is 0 Å². The molecule has 2 aliphatic rings. The molecule has 0 radical (unpaired) electrons. The molecule has 0 aliphatic carbocycles. The van der Waals surface area contributed by atoms with Crippen LogP contribution in [0, 0.1) is 0 Å². The van der Waals surface area contributed by atoms with Gasteiger partial charge in [0.05, 0.1) is 16.3 Å². The Morgan fingerprint density at radius 3 is 1.57 bits per heavy atom. The second-order valence-electron chi connectivity index (χ2n) is 13.6. The number of nitrogens with zero attached hydrogens (tertiary/aromatic N) is 1. The number of para-hydroxylation sites is 4. The van der Waals surface area contributed by atoms with Crippen LogP contribution in [0.1, 0.15) is 0 Å². The Labute approximate surface area is 310 Å². The van der Waals surface area contributed by atoms with E-state index in [-0.39, 0.29) is 0 Å². The summed E-state index contributed by atoms with van der Waals surface area (Å²) >= 11 is 0. The van der Waals surface area contributed by atoms with Crippen molar-refractivity contribution in [2.45, 2.75) is 0 Å². The fourth-order valence-electron chi connectivity index (χ4n) is 8.58. The molecule has 0 amide bonds. The quantitative estimate of drug-likeness (QED) is 0.133. The first-order valence-electron chi connectivity index (χ1n) is 18.0. The van der Waals surface area contributed by atoms with Crippen LogP contribution in [-0.2, 0) is 4.57 Å². The molecule has 8 aromatic carbocycles. The molecule has 3 nitrogen and oxygen atoms in total. The lowest BCUT2D eigenvalue weighted by atomic mass is 10.0. The number of anilines is 3. The summed E-state index contributed by atoms with van der Waals surface area (Å²) in [5.74, 6) is 1.27. The standard InChI is InChI=1S/C48H34NO2PSi/c50-52(36-18-4-1-5-19-36)45-29-15-14-28-43(45)51-44-34-35(32-33-46(44)52)39-24-10-11-25-40(39)49-41-26-12-16-30-47(41)53(37-20-6-2-7-21-37,38-22-8-3-9-23-38)48-31-17-13-27-42(48)49/h1-34H. The van der Waals surface area contributed by atoms with Crippen molar-refractivity contribution in [2.75, 3.05) is 4.90 Å². The molecule has 10 rings (SSSR count). The van der Waals surface area contributed by atoms with Crippen LogP contribution < -0.4 is 46.3 Å². The summed E-state index contributed by atoms with van der Waals surface area (Å²) in [4.78, 5) is 2.45.